The van der Waals surface area contributed by atoms with Crippen LogP contribution in [0.5, 0.6) is 0 Å². The molecule has 5 heteroatoms. The molecule has 0 radical (unpaired) electrons. The Hall–Kier alpha value is -6.43. The number of para-hydroxylation sites is 1. The lowest BCUT2D eigenvalue weighted by Gasteiger charge is -2.42. The quantitative estimate of drug-likeness (QED) is 0.138. The minimum atomic E-state index is -0.186. The maximum absolute atomic E-state index is 6.75. The summed E-state index contributed by atoms with van der Waals surface area (Å²) >= 11 is 5.28. The van der Waals surface area contributed by atoms with Crippen LogP contribution < -0.4 is 15.7 Å². The average molecular weight is 913 g/mol. The summed E-state index contributed by atoms with van der Waals surface area (Å²) < 4.78 is 9.30. The second-order valence-corrected chi connectivity index (χ2v) is 24.3. The lowest BCUT2D eigenvalue weighted by Crippen LogP contribution is -2.60. The summed E-state index contributed by atoms with van der Waals surface area (Å²) in [5, 5.41) is 4.76. The van der Waals surface area contributed by atoms with Gasteiger partial charge in [-0.1, -0.05) is 141 Å². The summed E-state index contributed by atoms with van der Waals surface area (Å²) in [7, 11) is 0. The number of hydrogen-bond donors (Lipinski definition) is 1. The van der Waals surface area contributed by atoms with E-state index in [-0.39, 0.29) is 28.5 Å². The van der Waals surface area contributed by atoms with E-state index in [9.17, 15) is 0 Å². The molecule has 4 heterocycles. The SMILES string of the molecule is Cc1ccccc1-c1cc2c3ccc4c5c3n(c2cc1S)-c1cc2oc3ccccc3c2cc1B5N(c1ccc(C(C)(C)C)cc1)c1cc2c(cc1-4)C(C)(C)c1cc3c(cc1-2)C(C)(C)CCC3(C)C. The molecule has 0 atom stereocenters. The molecule has 2 aliphatic heterocycles. The summed E-state index contributed by atoms with van der Waals surface area (Å²) in [5.41, 5.74) is 26.7. The third-order valence-corrected chi connectivity index (χ3v) is 17.8. The molecule has 3 nitrogen and oxygen atoms in total. The van der Waals surface area contributed by atoms with Gasteiger partial charge in [-0.05, 0) is 157 Å². The molecule has 2 aliphatic carbocycles. The molecule has 0 unspecified atom stereocenters. The van der Waals surface area contributed by atoms with Gasteiger partial charge in [0.25, 0.3) is 0 Å². The van der Waals surface area contributed by atoms with Gasteiger partial charge >= 0.3 is 6.85 Å². The fraction of sp³-hybridized carbons (Fsp3) is 0.250. The molecule has 10 aromatic rings. The molecule has 0 saturated carbocycles. The Morgan fingerprint density at radius 2 is 1.23 bits per heavy atom. The largest absolute Gasteiger partial charge is 0.456 e. The molecule has 8 aromatic carbocycles. The minimum absolute atomic E-state index is 0.0179. The van der Waals surface area contributed by atoms with Crippen molar-refractivity contribution in [3.05, 3.63) is 167 Å². The Morgan fingerprint density at radius 3 is 1.99 bits per heavy atom. The van der Waals surface area contributed by atoms with E-state index >= 15 is 0 Å². The zero-order valence-corrected chi connectivity index (χ0v) is 42.3. The van der Waals surface area contributed by atoms with Gasteiger partial charge in [-0.2, -0.15) is 0 Å². The van der Waals surface area contributed by atoms with Crippen molar-refractivity contribution < 1.29 is 4.42 Å². The zero-order chi connectivity index (χ0) is 47.4. The highest BCUT2D eigenvalue weighted by Gasteiger charge is 2.48. The van der Waals surface area contributed by atoms with E-state index in [1.54, 1.807) is 0 Å². The lowest BCUT2D eigenvalue weighted by atomic mass is 9.44. The Bertz CT molecular complexity index is 3950. The molecule has 2 aromatic heterocycles. The Balaban J connectivity index is 1.12. The fourth-order valence-corrected chi connectivity index (χ4v) is 13.7. The molecule has 0 spiro atoms. The number of nitrogens with zero attached hydrogens (tertiary/aromatic N) is 2. The summed E-state index contributed by atoms with van der Waals surface area (Å²) in [6.45, 7) is 23.8. The maximum Gasteiger partial charge on any atom is 0.333 e. The van der Waals surface area contributed by atoms with Gasteiger partial charge < -0.3 is 13.8 Å². The zero-order valence-electron chi connectivity index (χ0n) is 41.4. The molecule has 0 saturated heterocycles. The molecule has 0 fully saturated rings. The smallest absolute Gasteiger partial charge is 0.333 e. The molecule has 69 heavy (non-hydrogen) atoms. The minimum Gasteiger partial charge on any atom is -0.456 e. The van der Waals surface area contributed by atoms with Crippen LogP contribution in [0.4, 0.5) is 11.4 Å². The van der Waals surface area contributed by atoms with Gasteiger partial charge in [0.2, 0.25) is 0 Å². The van der Waals surface area contributed by atoms with Crippen LogP contribution in [0.1, 0.15) is 109 Å². The molecule has 14 rings (SSSR count). The summed E-state index contributed by atoms with van der Waals surface area (Å²) in [6, 6.07) is 51.5. The number of furan rings is 1. The van der Waals surface area contributed by atoms with Crippen LogP contribution in [-0.4, -0.2) is 11.4 Å². The Morgan fingerprint density at radius 1 is 0.551 bits per heavy atom. The second kappa shape index (κ2) is 13.5. The number of anilines is 2. The van der Waals surface area contributed by atoms with Crippen LogP contribution in [0.2, 0.25) is 0 Å². The third-order valence-electron chi connectivity index (χ3n) is 17.4. The van der Waals surface area contributed by atoms with Gasteiger partial charge in [-0.15, -0.1) is 12.6 Å². The topological polar surface area (TPSA) is 21.3 Å². The first-order valence-electron chi connectivity index (χ1n) is 25.0. The van der Waals surface area contributed by atoms with Crippen molar-refractivity contribution in [3.8, 4) is 39.1 Å². The number of aromatic nitrogens is 1. The predicted molar refractivity (Wildman–Crippen MR) is 296 cm³/mol. The molecule has 338 valence electrons. The highest BCUT2D eigenvalue weighted by Crippen LogP contribution is 2.58. The van der Waals surface area contributed by atoms with Crippen LogP contribution in [0.25, 0.3) is 82.8 Å². The molecule has 0 bridgehead atoms. The number of rotatable bonds is 2. The standard InChI is InChI=1S/C64H57BN2OS/c1-35-15-11-12-16-38(35)47-27-44-41-24-23-40-45-29-48-43(42-28-50-51(32-49(42)64(48,9)10)63(7,8)26-25-62(50,5)6)31-54(45)67(37-21-19-36(20-22-37)61(2,3)4)65-52-30-46-39-17-13-14-18-56(39)68-57(46)33-55(52)66(60(41)59(40)65)53(44)34-58(47)69/h11-24,27-34,69H,25-26H2,1-10H3. The van der Waals surface area contributed by atoms with Crippen molar-refractivity contribution in [3.63, 3.8) is 0 Å². The first-order valence-corrected chi connectivity index (χ1v) is 25.5. The number of benzene rings is 8. The summed E-state index contributed by atoms with van der Waals surface area (Å²) in [5.74, 6) is 0. The monoisotopic (exact) mass is 912 g/mol. The van der Waals surface area contributed by atoms with Gasteiger partial charge in [0, 0.05) is 60.5 Å². The van der Waals surface area contributed by atoms with E-state index in [1.165, 1.54) is 113 Å². The molecular formula is C64H57BN2OS. The first kappa shape index (κ1) is 41.5. The molecule has 4 aliphatic rings. The molecule has 0 N–H and O–H groups in total. The van der Waals surface area contributed by atoms with Crippen molar-refractivity contribution in [1.82, 2.24) is 4.57 Å². The number of fused-ring (bicyclic) bond motifs is 15. The van der Waals surface area contributed by atoms with Crippen LogP contribution in [0.3, 0.4) is 0 Å². The molecular weight excluding hydrogens is 856 g/mol. The Labute approximate surface area is 411 Å². The molecule has 0 amide bonds. The van der Waals surface area contributed by atoms with Crippen molar-refractivity contribution in [2.24, 2.45) is 0 Å². The van der Waals surface area contributed by atoms with Crippen LogP contribution in [-0.2, 0) is 21.7 Å². The van der Waals surface area contributed by atoms with Gasteiger partial charge in [0.15, 0.2) is 0 Å². The normalized spacial score (nSPS) is 16.8. The van der Waals surface area contributed by atoms with Crippen molar-refractivity contribution in [2.75, 3.05) is 4.81 Å². The third kappa shape index (κ3) is 5.49. The van der Waals surface area contributed by atoms with Gasteiger partial charge in [-0.25, -0.2) is 0 Å². The predicted octanol–water partition coefficient (Wildman–Crippen LogP) is 16.1. The summed E-state index contributed by atoms with van der Waals surface area (Å²) in [6.07, 6.45) is 2.39. The number of hydrogen-bond acceptors (Lipinski definition) is 3. The van der Waals surface area contributed by atoms with E-state index in [4.69, 9.17) is 17.0 Å². The van der Waals surface area contributed by atoms with E-state index in [2.05, 4.69) is 212 Å². The number of aryl methyl sites for hydroxylation is 1. The van der Waals surface area contributed by atoms with E-state index in [1.807, 2.05) is 0 Å². The number of thiol groups is 1. The average Bonchev–Trinajstić information content (AvgIpc) is 3.92. The van der Waals surface area contributed by atoms with E-state index in [0.717, 1.165) is 43.6 Å². The lowest BCUT2D eigenvalue weighted by molar-refractivity contribution is 0.331. The maximum atomic E-state index is 6.75. The van der Waals surface area contributed by atoms with E-state index in [0.29, 0.717) is 0 Å². The van der Waals surface area contributed by atoms with E-state index < -0.39 is 0 Å². The van der Waals surface area contributed by atoms with Crippen molar-refractivity contribution >= 4 is 85.5 Å². The summed E-state index contributed by atoms with van der Waals surface area (Å²) in [4.78, 5) is 3.67. The fourth-order valence-electron chi connectivity index (χ4n) is 13.4. The van der Waals surface area contributed by atoms with Gasteiger partial charge in [0.1, 0.15) is 11.2 Å². The van der Waals surface area contributed by atoms with Crippen LogP contribution >= 0.6 is 12.6 Å². The van der Waals surface area contributed by atoms with Crippen molar-refractivity contribution in [2.45, 2.75) is 109 Å². The second-order valence-electron chi connectivity index (χ2n) is 23.8. The highest BCUT2D eigenvalue weighted by atomic mass is 32.1. The van der Waals surface area contributed by atoms with Crippen LogP contribution in [0, 0.1) is 6.92 Å². The van der Waals surface area contributed by atoms with Crippen LogP contribution in [0.15, 0.2) is 143 Å². The Kier molecular flexibility index (Phi) is 8.10. The highest BCUT2D eigenvalue weighted by molar-refractivity contribution is 7.80. The van der Waals surface area contributed by atoms with Gasteiger partial charge in [-0.3, -0.25) is 0 Å². The van der Waals surface area contributed by atoms with Crippen molar-refractivity contribution in [1.29, 1.82) is 0 Å². The van der Waals surface area contributed by atoms with Gasteiger partial charge in [0.05, 0.1) is 11.0 Å². The first-order chi connectivity index (χ1) is 32.9.